The monoisotopic (exact) mass is 246 g/mol. The first-order chi connectivity index (χ1) is 8.65. The summed E-state index contributed by atoms with van der Waals surface area (Å²) in [5.74, 6) is 6.57. The van der Waals surface area contributed by atoms with Gasteiger partial charge in [-0.25, -0.2) is 0 Å². The first kappa shape index (κ1) is 12.8. The maximum atomic E-state index is 4.51. The van der Waals surface area contributed by atoms with Crippen LogP contribution in [0.15, 0.2) is 12.2 Å². The van der Waals surface area contributed by atoms with Crippen molar-refractivity contribution in [1.82, 2.24) is 0 Å². The van der Waals surface area contributed by atoms with Crippen LogP contribution in [0.3, 0.4) is 0 Å². The first-order valence-corrected chi connectivity index (χ1v) is 8.33. The van der Waals surface area contributed by atoms with Crippen molar-refractivity contribution in [2.45, 2.75) is 59.3 Å². The molecule has 3 rings (SSSR count). The highest BCUT2D eigenvalue weighted by Gasteiger charge is 2.51. The largest absolute Gasteiger partial charge is 0.0993 e. The molecule has 3 aliphatic carbocycles. The second-order valence-corrected chi connectivity index (χ2v) is 7.43. The Morgan fingerprint density at radius 1 is 1.11 bits per heavy atom. The SMILES string of the molecule is C=C1C(C)C(CC)C2CC3CCCC[C@@H]3C(C)C12. The van der Waals surface area contributed by atoms with Crippen molar-refractivity contribution in [1.29, 1.82) is 0 Å². The number of allylic oxidation sites excluding steroid dienone is 1. The fourth-order valence-corrected chi connectivity index (χ4v) is 6.03. The van der Waals surface area contributed by atoms with Crippen LogP contribution in [0, 0.1) is 41.4 Å². The van der Waals surface area contributed by atoms with Gasteiger partial charge < -0.3 is 0 Å². The van der Waals surface area contributed by atoms with Gasteiger partial charge in [-0.3, -0.25) is 0 Å². The third-order valence-corrected chi connectivity index (χ3v) is 6.92. The lowest BCUT2D eigenvalue weighted by molar-refractivity contribution is 0.0298. The van der Waals surface area contributed by atoms with Gasteiger partial charge in [0.1, 0.15) is 0 Å². The predicted molar refractivity (Wildman–Crippen MR) is 78.3 cm³/mol. The molecule has 0 saturated heterocycles. The van der Waals surface area contributed by atoms with E-state index in [9.17, 15) is 0 Å². The quantitative estimate of drug-likeness (QED) is 0.551. The Morgan fingerprint density at radius 2 is 1.83 bits per heavy atom. The van der Waals surface area contributed by atoms with E-state index in [4.69, 9.17) is 0 Å². The molecule has 0 radical (unpaired) electrons. The van der Waals surface area contributed by atoms with Gasteiger partial charge in [0.05, 0.1) is 0 Å². The molecular formula is C18H30. The maximum absolute atomic E-state index is 4.51. The molecule has 18 heavy (non-hydrogen) atoms. The lowest BCUT2D eigenvalue weighted by atomic mass is 9.58. The molecule has 0 aromatic carbocycles. The minimum Gasteiger partial charge on any atom is -0.0993 e. The zero-order chi connectivity index (χ0) is 12.9. The third-order valence-electron chi connectivity index (χ3n) is 6.92. The van der Waals surface area contributed by atoms with E-state index in [0.29, 0.717) is 0 Å². The Hall–Kier alpha value is -0.260. The van der Waals surface area contributed by atoms with E-state index < -0.39 is 0 Å². The Morgan fingerprint density at radius 3 is 2.56 bits per heavy atom. The van der Waals surface area contributed by atoms with Gasteiger partial charge in [-0.15, -0.1) is 0 Å². The predicted octanol–water partition coefficient (Wildman–Crippen LogP) is 5.30. The van der Waals surface area contributed by atoms with Crippen LogP contribution < -0.4 is 0 Å². The fraction of sp³-hybridized carbons (Fsp3) is 0.889. The highest BCUT2D eigenvalue weighted by atomic mass is 14.6. The molecule has 3 saturated carbocycles. The summed E-state index contributed by atoms with van der Waals surface area (Å²) in [5.41, 5.74) is 1.61. The normalized spacial score (nSPS) is 51.9. The van der Waals surface area contributed by atoms with Gasteiger partial charge in [0, 0.05) is 0 Å². The van der Waals surface area contributed by atoms with Crippen molar-refractivity contribution in [3.8, 4) is 0 Å². The molecule has 0 aromatic heterocycles. The molecule has 6 unspecified atom stereocenters. The van der Waals surface area contributed by atoms with E-state index in [1.165, 1.54) is 38.5 Å². The highest BCUT2D eigenvalue weighted by molar-refractivity contribution is 5.19. The first-order valence-electron chi connectivity index (χ1n) is 8.33. The molecule has 3 fully saturated rings. The Balaban J connectivity index is 1.88. The smallest absolute Gasteiger partial charge is 0.0143 e. The molecule has 0 N–H and O–H groups in total. The fourth-order valence-electron chi connectivity index (χ4n) is 6.03. The summed E-state index contributed by atoms with van der Waals surface area (Å²) in [6, 6.07) is 0. The minimum atomic E-state index is 0.785. The van der Waals surface area contributed by atoms with Crippen LogP contribution in [0.25, 0.3) is 0 Å². The molecular weight excluding hydrogens is 216 g/mol. The van der Waals surface area contributed by atoms with Crippen molar-refractivity contribution in [3.63, 3.8) is 0 Å². The highest BCUT2D eigenvalue weighted by Crippen LogP contribution is 2.59. The van der Waals surface area contributed by atoms with Crippen LogP contribution in [0.5, 0.6) is 0 Å². The Labute approximate surface area is 113 Å². The number of rotatable bonds is 1. The van der Waals surface area contributed by atoms with Crippen LogP contribution in [-0.2, 0) is 0 Å². The lowest BCUT2D eigenvalue weighted by Gasteiger charge is -2.47. The van der Waals surface area contributed by atoms with E-state index in [0.717, 1.165) is 41.4 Å². The standard InChI is InChI=1S/C18H30/c1-5-15-11(2)12(3)18-13(4)16-9-7-6-8-14(16)10-17(15)18/h11,13-18H,3,5-10H2,1-2,4H3/t11?,13?,14?,15?,16-,17?,18?/m1/s1. The zero-order valence-corrected chi connectivity index (χ0v) is 12.5. The summed E-state index contributed by atoms with van der Waals surface area (Å²) < 4.78 is 0. The Kier molecular flexibility index (Phi) is 3.32. The molecule has 0 heteroatoms. The molecule has 0 heterocycles. The summed E-state index contributed by atoms with van der Waals surface area (Å²) in [7, 11) is 0. The summed E-state index contributed by atoms with van der Waals surface area (Å²) in [5, 5.41) is 0. The average molecular weight is 246 g/mol. The number of hydrogen-bond donors (Lipinski definition) is 0. The Bertz CT molecular complexity index is 329. The molecule has 0 aliphatic heterocycles. The van der Waals surface area contributed by atoms with E-state index >= 15 is 0 Å². The molecule has 102 valence electrons. The topological polar surface area (TPSA) is 0 Å². The molecule has 0 spiro atoms. The third kappa shape index (κ3) is 1.71. The molecule has 7 atom stereocenters. The van der Waals surface area contributed by atoms with E-state index in [1.807, 2.05) is 0 Å². The molecule has 0 amide bonds. The van der Waals surface area contributed by atoms with Crippen molar-refractivity contribution in [2.75, 3.05) is 0 Å². The van der Waals surface area contributed by atoms with Crippen molar-refractivity contribution < 1.29 is 0 Å². The summed E-state index contributed by atoms with van der Waals surface area (Å²) in [6.07, 6.45) is 8.91. The van der Waals surface area contributed by atoms with Crippen LogP contribution >= 0.6 is 0 Å². The maximum Gasteiger partial charge on any atom is -0.0143 e. The lowest BCUT2D eigenvalue weighted by Crippen LogP contribution is -2.40. The molecule has 0 nitrogen and oxygen atoms in total. The van der Waals surface area contributed by atoms with E-state index in [1.54, 1.807) is 5.57 Å². The van der Waals surface area contributed by atoms with E-state index in [2.05, 4.69) is 27.4 Å². The summed E-state index contributed by atoms with van der Waals surface area (Å²) >= 11 is 0. The zero-order valence-electron chi connectivity index (χ0n) is 12.5. The summed E-state index contributed by atoms with van der Waals surface area (Å²) in [4.78, 5) is 0. The average Bonchev–Trinajstić information content (AvgIpc) is 2.62. The van der Waals surface area contributed by atoms with Crippen LogP contribution in [0.2, 0.25) is 0 Å². The second kappa shape index (κ2) is 4.69. The van der Waals surface area contributed by atoms with Gasteiger partial charge >= 0.3 is 0 Å². The van der Waals surface area contributed by atoms with Gasteiger partial charge in [-0.2, -0.15) is 0 Å². The van der Waals surface area contributed by atoms with Crippen molar-refractivity contribution in [3.05, 3.63) is 12.2 Å². The molecule has 3 aliphatic rings. The second-order valence-electron chi connectivity index (χ2n) is 7.43. The summed E-state index contributed by atoms with van der Waals surface area (Å²) in [6.45, 7) is 11.9. The van der Waals surface area contributed by atoms with E-state index in [-0.39, 0.29) is 0 Å². The van der Waals surface area contributed by atoms with Crippen LogP contribution in [0.4, 0.5) is 0 Å². The molecule has 0 aromatic rings. The number of fused-ring (bicyclic) bond motifs is 2. The van der Waals surface area contributed by atoms with Crippen LogP contribution in [-0.4, -0.2) is 0 Å². The minimum absolute atomic E-state index is 0.785. The van der Waals surface area contributed by atoms with Gasteiger partial charge in [0.2, 0.25) is 0 Å². The van der Waals surface area contributed by atoms with Crippen LogP contribution in [0.1, 0.15) is 59.3 Å². The van der Waals surface area contributed by atoms with Crippen molar-refractivity contribution in [2.24, 2.45) is 41.4 Å². The number of hydrogen-bond acceptors (Lipinski definition) is 0. The van der Waals surface area contributed by atoms with Crippen molar-refractivity contribution >= 4 is 0 Å². The van der Waals surface area contributed by atoms with Gasteiger partial charge in [0.25, 0.3) is 0 Å². The van der Waals surface area contributed by atoms with Gasteiger partial charge in [0.15, 0.2) is 0 Å². The van der Waals surface area contributed by atoms with Gasteiger partial charge in [-0.1, -0.05) is 58.6 Å². The molecule has 0 bridgehead atoms. The van der Waals surface area contributed by atoms with Gasteiger partial charge in [-0.05, 0) is 54.3 Å².